The molecule has 0 spiro atoms. The Bertz CT molecular complexity index is 534. The maximum Gasteiger partial charge on any atom is 0.254 e. The first kappa shape index (κ1) is 11.5. The van der Waals surface area contributed by atoms with E-state index in [0.717, 1.165) is 18.5 Å². The van der Waals surface area contributed by atoms with E-state index in [1.54, 1.807) is 10.7 Å². The highest BCUT2D eigenvalue weighted by molar-refractivity contribution is 5.88. The summed E-state index contributed by atoms with van der Waals surface area (Å²) < 4.78 is 1.61. The van der Waals surface area contributed by atoms with Crippen molar-refractivity contribution in [2.45, 2.75) is 33.1 Å². The molecule has 0 aliphatic rings. The summed E-state index contributed by atoms with van der Waals surface area (Å²) in [6, 6.07) is 1.84. The molecule has 1 N–H and O–H groups in total. The van der Waals surface area contributed by atoms with Gasteiger partial charge in [-0.2, -0.15) is 9.50 Å². The number of nitrogens with one attached hydrogen (secondary N) is 1. The van der Waals surface area contributed by atoms with Crippen LogP contribution in [-0.4, -0.2) is 25.5 Å². The number of aryl methyl sites for hydroxylation is 1. The van der Waals surface area contributed by atoms with Gasteiger partial charge in [-0.3, -0.25) is 10.1 Å². The summed E-state index contributed by atoms with van der Waals surface area (Å²) in [5, 5.41) is 6.84. The average Bonchev–Trinajstić information content (AvgIpc) is 2.70. The van der Waals surface area contributed by atoms with E-state index in [2.05, 4.69) is 20.4 Å². The lowest BCUT2D eigenvalue weighted by atomic mass is 10.2. The number of unbranched alkanes of at least 4 members (excludes halogenated alkanes) is 1. The van der Waals surface area contributed by atoms with Crippen LogP contribution < -0.4 is 5.32 Å². The summed E-state index contributed by atoms with van der Waals surface area (Å²) in [6.07, 6.45) is 4.03. The van der Waals surface area contributed by atoms with Crippen LogP contribution in [0, 0.1) is 6.92 Å². The van der Waals surface area contributed by atoms with Crippen LogP contribution in [0.4, 0.5) is 5.95 Å². The maximum absolute atomic E-state index is 11.5. The molecule has 0 aromatic carbocycles. The fraction of sp³-hybridized carbons (Fsp3) is 0.455. The molecule has 0 bridgehead atoms. The molecule has 0 radical (unpaired) electrons. The Labute approximate surface area is 99.1 Å². The second-order valence-electron chi connectivity index (χ2n) is 3.89. The minimum Gasteiger partial charge on any atom is -0.293 e. The first-order valence-corrected chi connectivity index (χ1v) is 5.69. The van der Waals surface area contributed by atoms with Crippen molar-refractivity contribution in [1.82, 2.24) is 19.6 Å². The molecule has 0 unspecified atom stereocenters. The molecule has 0 saturated carbocycles. The summed E-state index contributed by atoms with van der Waals surface area (Å²) in [7, 11) is 0. The van der Waals surface area contributed by atoms with Gasteiger partial charge in [0.15, 0.2) is 0 Å². The summed E-state index contributed by atoms with van der Waals surface area (Å²) in [5.74, 6) is 0.754. The highest BCUT2D eigenvalue weighted by Gasteiger charge is 2.08. The van der Waals surface area contributed by atoms with Crippen molar-refractivity contribution in [3.05, 3.63) is 18.0 Å². The number of hydrogen-bond acceptors (Lipinski definition) is 4. The lowest BCUT2D eigenvalue weighted by molar-refractivity contribution is -0.116. The second kappa shape index (κ2) is 4.90. The van der Waals surface area contributed by atoms with Crippen LogP contribution >= 0.6 is 0 Å². The molecule has 0 fully saturated rings. The summed E-state index contributed by atoms with van der Waals surface area (Å²) in [4.78, 5) is 19.7. The van der Waals surface area contributed by atoms with Crippen molar-refractivity contribution in [1.29, 1.82) is 0 Å². The molecule has 0 atom stereocenters. The fourth-order valence-electron chi connectivity index (χ4n) is 1.48. The van der Waals surface area contributed by atoms with Crippen LogP contribution in [0.15, 0.2) is 12.3 Å². The van der Waals surface area contributed by atoms with Gasteiger partial charge in [0.2, 0.25) is 5.91 Å². The molecule has 2 rings (SSSR count). The highest BCUT2D eigenvalue weighted by atomic mass is 16.1. The zero-order valence-electron chi connectivity index (χ0n) is 9.97. The van der Waals surface area contributed by atoms with E-state index in [1.165, 1.54) is 0 Å². The van der Waals surface area contributed by atoms with E-state index in [9.17, 15) is 4.79 Å². The van der Waals surface area contributed by atoms with Gasteiger partial charge >= 0.3 is 0 Å². The standard InChI is InChI=1S/C11H15N5O/c1-3-4-5-9(17)13-10-14-11-12-7-6-8(2)16(11)15-10/h6-7H,3-5H2,1-2H3,(H,13,15,17). The summed E-state index contributed by atoms with van der Waals surface area (Å²) in [5.41, 5.74) is 0.927. The number of amides is 1. The monoisotopic (exact) mass is 233 g/mol. The smallest absolute Gasteiger partial charge is 0.254 e. The zero-order valence-corrected chi connectivity index (χ0v) is 9.97. The number of carbonyl (C=O) groups is 1. The van der Waals surface area contributed by atoms with Gasteiger partial charge in [-0.1, -0.05) is 13.3 Å². The quantitative estimate of drug-likeness (QED) is 0.869. The second-order valence-corrected chi connectivity index (χ2v) is 3.89. The lowest BCUT2D eigenvalue weighted by Gasteiger charge is -1.98. The summed E-state index contributed by atoms with van der Waals surface area (Å²) in [6.45, 7) is 3.95. The van der Waals surface area contributed by atoms with E-state index >= 15 is 0 Å². The predicted octanol–water partition coefficient (Wildman–Crippen LogP) is 1.56. The Kier molecular flexibility index (Phi) is 3.32. The molecule has 17 heavy (non-hydrogen) atoms. The van der Waals surface area contributed by atoms with Gasteiger partial charge < -0.3 is 0 Å². The first-order chi connectivity index (χ1) is 8.20. The third kappa shape index (κ3) is 2.58. The maximum atomic E-state index is 11.5. The third-order valence-electron chi connectivity index (χ3n) is 2.44. The largest absolute Gasteiger partial charge is 0.293 e. The molecule has 2 aromatic rings. The van der Waals surface area contributed by atoms with Crippen LogP contribution in [-0.2, 0) is 4.79 Å². The minimum absolute atomic E-state index is 0.0552. The number of anilines is 1. The molecule has 1 amide bonds. The van der Waals surface area contributed by atoms with Gasteiger partial charge in [0.05, 0.1) is 0 Å². The number of aromatic nitrogens is 4. The van der Waals surface area contributed by atoms with Gasteiger partial charge in [0.25, 0.3) is 11.7 Å². The highest BCUT2D eigenvalue weighted by Crippen LogP contribution is 2.06. The number of nitrogens with zero attached hydrogens (tertiary/aromatic N) is 4. The van der Waals surface area contributed by atoms with E-state index in [-0.39, 0.29) is 5.91 Å². The third-order valence-corrected chi connectivity index (χ3v) is 2.44. The van der Waals surface area contributed by atoms with Crippen LogP contribution in [0.3, 0.4) is 0 Å². The molecule has 2 aromatic heterocycles. The molecule has 6 heteroatoms. The average molecular weight is 233 g/mol. The topological polar surface area (TPSA) is 72.2 Å². The number of rotatable bonds is 4. The van der Waals surface area contributed by atoms with Gasteiger partial charge in [0, 0.05) is 18.3 Å². The van der Waals surface area contributed by atoms with E-state index in [4.69, 9.17) is 0 Å². The number of hydrogen-bond donors (Lipinski definition) is 1. The van der Waals surface area contributed by atoms with E-state index in [1.807, 2.05) is 19.9 Å². The van der Waals surface area contributed by atoms with E-state index in [0.29, 0.717) is 18.1 Å². The lowest BCUT2D eigenvalue weighted by Crippen LogP contribution is -2.12. The Morgan fingerprint density at radius 2 is 2.35 bits per heavy atom. The van der Waals surface area contributed by atoms with Gasteiger partial charge in [0.1, 0.15) is 0 Å². The molecular weight excluding hydrogens is 218 g/mol. The molecule has 2 heterocycles. The van der Waals surface area contributed by atoms with Gasteiger partial charge in [-0.05, 0) is 19.4 Å². The fourth-order valence-corrected chi connectivity index (χ4v) is 1.48. The predicted molar refractivity (Wildman–Crippen MR) is 63.7 cm³/mol. The van der Waals surface area contributed by atoms with Crippen LogP contribution in [0.1, 0.15) is 31.9 Å². The molecule has 0 saturated heterocycles. The zero-order chi connectivity index (χ0) is 12.3. The Hall–Kier alpha value is -1.98. The van der Waals surface area contributed by atoms with Crippen LogP contribution in [0.25, 0.3) is 5.78 Å². The number of fused-ring (bicyclic) bond motifs is 1. The molecule has 6 nitrogen and oxygen atoms in total. The Morgan fingerprint density at radius 3 is 3.06 bits per heavy atom. The van der Waals surface area contributed by atoms with Crippen molar-refractivity contribution < 1.29 is 4.79 Å². The number of carbonyl (C=O) groups excluding carboxylic acids is 1. The normalized spacial score (nSPS) is 10.7. The molecule has 0 aliphatic heterocycles. The summed E-state index contributed by atoms with van der Waals surface area (Å²) >= 11 is 0. The minimum atomic E-state index is -0.0552. The Morgan fingerprint density at radius 1 is 1.53 bits per heavy atom. The van der Waals surface area contributed by atoms with Gasteiger partial charge in [-0.15, -0.1) is 5.10 Å². The van der Waals surface area contributed by atoms with Crippen LogP contribution in [0.2, 0.25) is 0 Å². The first-order valence-electron chi connectivity index (χ1n) is 5.69. The SMILES string of the molecule is CCCCC(=O)Nc1nc2nccc(C)n2n1. The molecule has 90 valence electrons. The Balaban J connectivity index is 2.14. The molecular formula is C11H15N5O. The van der Waals surface area contributed by atoms with Gasteiger partial charge in [-0.25, -0.2) is 4.98 Å². The van der Waals surface area contributed by atoms with Crippen molar-refractivity contribution >= 4 is 17.6 Å². The van der Waals surface area contributed by atoms with Crippen molar-refractivity contribution in [2.75, 3.05) is 5.32 Å². The van der Waals surface area contributed by atoms with Crippen molar-refractivity contribution in [3.8, 4) is 0 Å². The van der Waals surface area contributed by atoms with Crippen molar-refractivity contribution in [3.63, 3.8) is 0 Å². The van der Waals surface area contributed by atoms with E-state index < -0.39 is 0 Å². The molecule has 0 aliphatic carbocycles. The van der Waals surface area contributed by atoms with Crippen molar-refractivity contribution in [2.24, 2.45) is 0 Å². The van der Waals surface area contributed by atoms with Crippen LogP contribution in [0.5, 0.6) is 0 Å².